The van der Waals surface area contributed by atoms with E-state index in [2.05, 4.69) is 4.98 Å². The molecule has 3 heterocycles. The van der Waals surface area contributed by atoms with Crippen LogP contribution in [0.15, 0.2) is 60.5 Å². The topological polar surface area (TPSA) is 62.7 Å². The summed E-state index contributed by atoms with van der Waals surface area (Å²) >= 11 is 0. The maximum Gasteiger partial charge on any atom is 0.253 e. The highest BCUT2D eigenvalue weighted by Crippen LogP contribution is 2.33. The highest BCUT2D eigenvalue weighted by atomic mass is 16.5. The second-order valence-electron chi connectivity index (χ2n) is 7.10. The molecule has 0 spiro atoms. The lowest BCUT2D eigenvalue weighted by Gasteiger charge is -2.38. The molecule has 1 aromatic heterocycles. The number of ether oxygens (including phenoxy) is 1. The van der Waals surface area contributed by atoms with Crippen LogP contribution in [0, 0.1) is 6.92 Å². The number of aromatic nitrogens is 1. The Labute approximate surface area is 158 Å². The second kappa shape index (κ2) is 7.00. The number of para-hydroxylation sites is 1. The summed E-state index contributed by atoms with van der Waals surface area (Å²) in [6, 6.07) is 11.4. The van der Waals surface area contributed by atoms with Crippen LogP contribution < -0.4 is 4.74 Å². The van der Waals surface area contributed by atoms with E-state index in [-0.39, 0.29) is 5.91 Å². The number of carbonyl (C=O) groups is 1. The number of hydrogen-bond donors (Lipinski definition) is 1. The Balaban J connectivity index is 1.49. The van der Waals surface area contributed by atoms with Crippen molar-refractivity contribution in [3.8, 4) is 5.75 Å². The minimum Gasteiger partial charge on any atom is -0.464 e. The number of fused-ring (bicyclic) bond motifs is 1. The van der Waals surface area contributed by atoms with E-state index < -0.39 is 5.60 Å². The number of benzene rings is 1. The summed E-state index contributed by atoms with van der Waals surface area (Å²) < 4.78 is 5.57. The fraction of sp³-hybridized carbons (Fsp3) is 0.273. The van der Waals surface area contributed by atoms with Crippen LogP contribution in [0.2, 0.25) is 0 Å². The fourth-order valence-electron chi connectivity index (χ4n) is 3.50. The zero-order chi connectivity index (χ0) is 18.9. The van der Waals surface area contributed by atoms with E-state index in [1.54, 1.807) is 23.4 Å². The molecule has 0 unspecified atom stereocenters. The first-order valence-electron chi connectivity index (χ1n) is 9.14. The Morgan fingerprint density at radius 3 is 2.70 bits per heavy atom. The molecule has 1 N–H and O–H groups in total. The Morgan fingerprint density at radius 2 is 1.96 bits per heavy atom. The molecule has 2 aliphatic rings. The van der Waals surface area contributed by atoms with Crippen molar-refractivity contribution in [3.05, 3.63) is 77.3 Å². The Morgan fingerprint density at radius 1 is 1.19 bits per heavy atom. The first-order chi connectivity index (χ1) is 13.0. The van der Waals surface area contributed by atoms with Gasteiger partial charge in [-0.1, -0.05) is 24.3 Å². The van der Waals surface area contributed by atoms with Gasteiger partial charge in [0.05, 0.1) is 12.0 Å². The van der Waals surface area contributed by atoms with Gasteiger partial charge in [-0.2, -0.15) is 0 Å². The minimum absolute atomic E-state index is 0.0505. The molecule has 5 heteroatoms. The molecule has 0 saturated carbocycles. The molecular weight excluding hydrogens is 340 g/mol. The molecule has 27 heavy (non-hydrogen) atoms. The van der Waals surface area contributed by atoms with Crippen molar-refractivity contribution >= 4 is 12.0 Å². The quantitative estimate of drug-likeness (QED) is 0.891. The molecule has 5 nitrogen and oxygen atoms in total. The van der Waals surface area contributed by atoms with Crippen LogP contribution in [0.3, 0.4) is 0 Å². The summed E-state index contributed by atoms with van der Waals surface area (Å²) in [5.41, 5.74) is 2.22. The molecule has 1 amide bonds. The number of piperidine rings is 1. The lowest BCUT2D eigenvalue weighted by Crippen LogP contribution is -2.45. The van der Waals surface area contributed by atoms with Gasteiger partial charge < -0.3 is 14.7 Å². The maximum atomic E-state index is 13.0. The Hall–Kier alpha value is -2.92. The number of carbonyl (C=O) groups excluding carboxylic acids is 1. The number of rotatable bonds is 2. The van der Waals surface area contributed by atoms with Crippen LogP contribution in [-0.2, 0) is 10.4 Å². The van der Waals surface area contributed by atoms with E-state index in [4.69, 9.17) is 4.74 Å². The number of pyridine rings is 1. The molecule has 1 aromatic carbocycles. The third-order valence-electron chi connectivity index (χ3n) is 5.19. The molecule has 2 aromatic rings. The molecule has 4 rings (SSSR count). The van der Waals surface area contributed by atoms with Crippen LogP contribution in [0.1, 0.15) is 29.7 Å². The van der Waals surface area contributed by atoms with E-state index in [1.165, 1.54) is 0 Å². The standard InChI is InChI=1S/C22H22N2O3/c1-16-6-7-20(23-15-16)22(26)9-11-24(12-10-22)21(25)18-8-13-27-19-5-3-2-4-17(19)14-18/h2-8,13-15,26H,9-12H2,1H3. The number of amides is 1. The third-order valence-corrected chi connectivity index (χ3v) is 5.19. The number of aryl methyl sites for hydroxylation is 1. The first kappa shape index (κ1) is 17.5. The average molecular weight is 362 g/mol. The van der Waals surface area contributed by atoms with E-state index in [1.807, 2.05) is 49.4 Å². The van der Waals surface area contributed by atoms with E-state index in [9.17, 15) is 9.90 Å². The average Bonchev–Trinajstić information content (AvgIpc) is 2.91. The Kier molecular flexibility index (Phi) is 4.54. The van der Waals surface area contributed by atoms with Crippen molar-refractivity contribution in [1.29, 1.82) is 0 Å². The number of aliphatic hydroxyl groups is 1. The predicted octanol–water partition coefficient (Wildman–Crippen LogP) is 3.19. The summed E-state index contributed by atoms with van der Waals surface area (Å²) in [5, 5.41) is 11.0. The van der Waals surface area contributed by atoms with E-state index in [0.29, 0.717) is 37.2 Å². The molecular formula is C22H22N2O3. The van der Waals surface area contributed by atoms with Gasteiger partial charge in [-0.3, -0.25) is 9.78 Å². The lowest BCUT2D eigenvalue weighted by molar-refractivity contribution is -0.131. The van der Waals surface area contributed by atoms with Crippen LogP contribution in [-0.4, -0.2) is 34.0 Å². The van der Waals surface area contributed by atoms with Gasteiger partial charge in [-0.15, -0.1) is 0 Å². The van der Waals surface area contributed by atoms with Gasteiger partial charge in [0.2, 0.25) is 0 Å². The SMILES string of the molecule is Cc1ccc(C2(O)CCN(C(=O)C3=Cc4ccccc4OC=C3)CC2)nc1. The molecule has 1 fully saturated rings. The zero-order valence-corrected chi connectivity index (χ0v) is 15.3. The number of nitrogens with zero attached hydrogens (tertiary/aromatic N) is 2. The summed E-state index contributed by atoms with van der Waals surface area (Å²) in [6.07, 6.45) is 7.81. The van der Waals surface area contributed by atoms with E-state index >= 15 is 0 Å². The van der Waals surface area contributed by atoms with Gasteiger partial charge in [-0.05, 0) is 49.6 Å². The largest absolute Gasteiger partial charge is 0.464 e. The van der Waals surface area contributed by atoms with Gasteiger partial charge in [0.25, 0.3) is 5.91 Å². The van der Waals surface area contributed by atoms with Gasteiger partial charge in [0.1, 0.15) is 11.4 Å². The molecule has 0 atom stereocenters. The smallest absolute Gasteiger partial charge is 0.253 e. The highest BCUT2D eigenvalue weighted by molar-refractivity contribution is 6.01. The molecule has 0 radical (unpaired) electrons. The highest BCUT2D eigenvalue weighted by Gasteiger charge is 2.37. The zero-order valence-electron chi connectivity index (χ0n) is 15.3. The molecule has 1 saturated heterocycles. The van der Waals surface area contributed by atoms with Crippen molar-refractivity contribution in [2.24, 2.45) is 0 Å². The van der Waals surface area contributed by atoms with Crippen molar-refractivity contribution in [2.75, 3.05) is 13.1 Å². The molecule has 0 bridgehead atoms. The van der Waals surface area contributed by atoms with Crippen molar-refractivity contribution in [3.63, 3.8) is 0 Å². The number of hydrogen-bond acceptors (Lipinski definition) is 4. The fourth-order valence-corrected chi connectivity index (χ4v) is 3.50. The van der Waals surface area contributed by atoms with Crippen molar-refractivity contribution < 1.29 is 14.6 Å². The summed E-state index contributed by atoms with van der Waals surface area (Å²) in [5.74, 6) is 0.681. The maximum absolute atomic E-state index is 13.0. The molecule has 2 aliphatic heterocycles. The molecule has 138 valence electrons. The predicted molar refractivity (Wildman–Crippen MR) is 103 cm³/mol. The Bertz CT molecular complexity index is 907. The van der Waals surface area contributed by atoms with Crippen LogP contribution in [0.4, 0.5) is 0 Å². The summed E-state index contributed by atoms with van der Waals surface area (Å²) in [4.78, 5) is 19.1. The third kappa shape index (κ3) is 3.51. The summed E-state index contributed by atoms with van der Waals surface area (Å²) in [6.45, 7) is 2.94. The van der Waals surface area contributed by atoms with Crippen LogP contribution in [0.25, 0.3) is 6.08 Å². The van der Waals surface area contributed by atoms with Crippen molar-refractivity contribution in [2.45, 2.75) is 25.4 Å². The number of likely N-dealkylation sites (tertiary alicyclic amines) is 1. The van der Waals surface area contributed by atoms with Crippen LogP contribution in [0.5, 0.6) is 5.75 Å². The van der Waals surface area contributed by atoms with E-state index in [0.717, 1.165) is 16.9 Å². The summed E-state index contributed by atoms with van der Waals surface area (Å²) in [7, 11) is 0. The monoisotopic (exact) mass is 362 g/mol. The first-order valence-corrected chi connectivity index (χ1v) is 9.14. The van der Waals surface area contributed by atoms with Gasteiger partial charge >= 0.3 is 0 Å². The molecule has 0 aliphatic carbocycles. The lowest BCUT2D eigenvalue weighted by atomic mass is 9.87. The normalized spacial score (nSPS) is 18.1. The second-order valence-corrected chi connectivity index (χ2v) is 7.10. The minimum atomic E-state index is -0.978. The van der Waals surface area contributed by atoms with Gasteiger partial charge in [0.15, 0.2) is 0 Å². The van der Waals surface area contributed by atoms with Gasteiger partial charge in [0, 0.05) is 30.4 Å². The van der Waals surface area contributed by atoms with Crippen molar-refractivity contribution in [1.82, 2.24) is 9.88 Å². The van der Waals surface area contributed by atoms with Crippen LogP contribution >= 0.6 is 0 Å². The van der Waals surface area contributed by atoms with Gasteiger partial charge in [-0.25, -0.2) is 0 Å².